The van der Waals surface area contributed by atoms with E-state index in [1.165, 1.54) is 4.90 Å². The van der Waals surface area contributed by atoms with Crippen LogP contribution < -0.4 is 14.2 Å². The first kappa shape index (κ1) is 26.3. The third kappa shape index (κ3) is 5.34. The van der Waals surface area contributed by atoms with Crippen molar-refractivity contribution < 1.29 is 28.9 Å². The lowest BCUT2D eigenvalue weighted by molar-refractivity contribution is -0.140. The molecular formula is C29H34N2O6. The molecule has 1 amide bonds. The van der Waals surface area contributed by atoms with Crippen molar-refractivity contribution in [1.82, 2.24) is 9.80 Å². The molecule has 4 rings (SSSR count). The van der Waals surface area contributed by atoms with Gasteiger partial charge in [0.1, 0.15) is 24.2 Å². The number of rotatable bonds is 10. The van der Waals surface area contributed by atoms with E-state index in [1.807, 2.05) is 38.9 Å². The lowest BCUT2D eigenvalue weighted by Crippen LogP contribution is -2.35. The van der Waals surface area contributed by atoms with Crippen LogP contribution in [-0.2, 0) is 16.0 Å². The van der Waals surface area contributed by atoms with Crippen LogP contribution in [0.3, 0.4) is 0 Å². The van der Waals surface area contributed by atoms with Crippen LogP contribution >= 0.6 is 0 Å². The van der Waals surface area contributed by atoms with Gasteiger partial charge in [-0.15, -0.1) is 0 Å². The Kier molecular flexibility index (Phi) is 7.88. The zero-order valence-corrected chi connectivity index (χ0v) is 21.8. The van der Waals surface area contributed by atoms with E-state index in [4.69, 9.17) is 14.2 Å². The van der Waals surface area contributed by atoms with Gasteiger partial charge in [-0.3, -0.25) is 9.59 Å². The number of likely N-dealkylation sites (tertiary alicyclic amines) is 1. The molecule has 2 heterocycles. The molecule has 1 N–H and O–H groups in total. The quantitative estimate of drug-likeness (QED) is 0.226. The Balaban J connectivity index is 1.83. The monoisotopic (exact) mass is 506 g/mol. The molecule has 2 aromatic rings. The molecule has 8 nitrogen and oxygen atoms in total. The summed E-state index contributed by atoms with van der Waals surface area (Å²) in [5.41, 5.74) is 2.13. The van der Waals surface area contributed by atoms with Gasteiger partial charge < -0.3 is 29.1 Å². The lowest BCUT2D eigenvalue weighted by Gasteiger charge is -2.27. The Hall–Kier alpha value is -3.78. The molecule has 2 atom stereocenters. The Morgan fingerprint density at radius 2 is 1.97 bits per heavy atom. The first-order valence-corrected chi connectivity index (χ1v) is 12.5. The van der Waals surface area contributed by atoms with Crippen molar-refractivity contribution in [2.75, 3.05) is 40.4 Å². The van der Waals surface area contributed by atoms with E-state index in [-0.39, 0.29) is 17.4 Å². The zero-order valence-electron chi connectivity index (χ0n) is 21.8. The van der Waals surface area contributed by atoms with Gasteiger partial charge in [0.15, 0.2) is 11.5 Å². The molecule has 0 saturated carbocycles. The van der Waals surface area contributed by atoms with Crippen molar-refractivity contribution in [1.29, 1.82) is 0 Å². The van der Waals surface area contributed by atoms with E-state index >= 15 is 0 Å². The standard InChI is InChI=1S/C29H34N2O6/c1-6-14-36-23-11-8-19(17-24(23)35-7-2)26-25(28(33)29(34)31(26)13-12-30(4)5)27(32)20-9-10-22-21(16-20)15-18(3)37-22/h6,8-11,16-18,26,32H,1,7,12-15H2,2-5H3/t18-,26-/m0/s1. The number of nitrogens with zero attached hydrogens (tertiary/aromatic N) is 2. The second-order valence-electron chi connectivity index (χ2n) is 9.49. The van der Waals surface area contributed by atoms with Crippen molar-refractivity contribution in [3.05, 3.63) is 71.3 Å². The summed E-state index contributed by atoms with van der Waals surface area (Å²) in [5.74, 6) is 0.228. The highest BCUT2D eigenvalue weighted by atomic mass is 16.5. The maximum absolute atomic E-state index is 13.3. The second kappa shape index (κ2) is 11.1. The van der Waals surface area contributed by atoms with Crippen molar-refractivity contribution in [3.8, 4) is 17.2 Å². The predicted molar refractivity (Wildman–Crippen MR) is 141 cm³/mol. The van der Waals surface area contributed by atoms with Gasteiger partial charge in [0, 0.05) is 25.1 Å². The smallest absolute Gasteiger partial charge is 0.295 e. The normalized spacial score (nSPS) is 20.2. The summed E-state index contributed by atoms with van der Waals surface area (Å²) >= 11 is 0. The Morgan fingerprint density at radius 3 is 2.68 bits per heavy atom. The largest absolute Gasteiger partial charge is 0.507 e. The number of carbonyl (C=O) groups excluding carboxylic acids is 2. The summed E-state index contributed by atoms with van der Waals surface area (Å²) in [6.07, 6.45) is 2.39. The van der Waals surface area contributed by atoms with Crippen LogP contribution in [0.15, 0.2) is 54.6 Å². The van der Waals surface area contributed by atoms with E-state index in [9.17, 15) is 14.7 Å². The number of aliphatic hydroxyl groups is 1. The molecule has 8 heteroatoms. The van der Waals surface area contributed by atoms with Crippen LogP contribution in [0.2, 0.25) is 0 Å². The fourth-order valence-corrected chi connectivity index (χ4v) is 4.72. The summed E-state index contributed by atoms with van der Waals surface area (Å²) in [4.78, 5) is 30.0. The van der Waals surface area contributed by atoms with Gasteiger partial charge in [-0.05, 0) is 69.4 Å². The van der Waals surface area contributed by atoms with Crippen LogP contribution in [-0.4, -0.2) is 73.1 Å². The molecule has 2 aliphatic rings. The fraction of sp³-hybridized carbons (Fsp3) is 0.379. The summed E-state index contributed by atoms with van der Waals surface area (Å²) in [5, 5.41) is 11.4. The zero-order chi connectivity index (χ0) is 26.7. The summed E-state index contributed by atoms with van der Waals surface area (Å²) in [6.45, 7) is 9.11. The molecule has 1 saturated heterocycles. The highest BCUT2D eigenvalue weighted by Gasteiger charge is 2.46. The maximum atomic E-state index is 13.3. The Bertz CT molecular complexity index is 1230. The van der Waals surface area contributed by atoms with Crippen LogP contribution in [0.25, 0.3) is 5.76 Å². The number of ketones is 1. The van der Waals surface area contributed by atoms with Gasteiger partial charge in [-0.25, -0.2) is 0 Å². The van der Waals surface area contributed by atoms with Crippen LogP contribution in [0.1, 0.15) is 36.6 Å². The molecule has 0 aromatic heterocycles. The number of hydrogen-bond donors (Lipinski definition) is 1. The number of fused-ring (bicyclic) bond motifs is 1. The summed E-state index contributed by atoms with van der Waals surface area (Å²) in [7, 11) is 3.80. The Labute approximate surface area is 217 Å². The van der Waals surface area contributed by atoms with Gasteiger partial charge in [0.25, 0.3) is 11.7 Å². The van der Waals surface area contributed by atoms with Crippen LogP contribution in [0.5, 0.6) is 17.2 Å². The number of ether oxygens (including phenoxy) is 3. The van der Waals surface area contributed by atoms with Crippen molar-refractivity contribution in [2.45, 2.75) is 32.4 Å². The minimum atomic E-state index is -0.781. The number of benzene rings is 2. The minimum absolute atomic E-state index is 0.0443. The van der Waals surface area contributed by atoms with Gasteiger partial charge >= 0.3 is 0 Å². The lowest BCUT2D eigenvalue weighted by atomic mass is 9.94. The first-order valence-electron chi connectivity index (χ1n) is 12.5. The molecule has 0 aliphatic carbocycles. The third-order valence-corrected chi connectivity index (χ3v) is 6.44. The van der Waals surface area contributed by atoms with E-state index in [0.29, 0.717) is 55.4 Å². The van der Waals surface area contributed by atoms with E-state index in [2.05, 4.69) is 6.58 Å². The molecule has 0 bridgehead atoms. The van der Waals surface area contributed by atoms with Gasteiger partial charge in [0.2, 0.25) is 0 Å². The number of likely N-dealkylation sites (N-methyl/N-ethyl adjacent to an activating group) is 1. The summed E-state index contributed by atoms with van der Waals surface area (Å²) < 4.78 is 17.3. The van der Waals surface area contributed by atoms with Crippen LogP contribution in [0.4, 0.5) is 0 Å². The number of Topliss-reactive ketones (excluding diaryl/α,β-unsaturated/α-hetero) is 1. The van der Waals surface area contributed by atoms with Crippen LogP contribution in [0, 0.1) is 0 Å². The average molecular weight is 507 g/mol. The van der Waals surface area contributed by atoms with E-state index in [1.54, 1.807) is 36.4 Å². The summed E-state index contributed by atoms with van der Waals surface area (Å²) in [6, 6.07) is 9.88. The number of aliphatic hydroxyl groups excluding tert-OH is 1. The fourth-order valence-electron chi connectivity index (χ4n) is 4.72. The maximum Gasteiger partial charge on any atom is 0.295 e. The molecule has 2 aromatic carbocycles. The molecule has 0 unspecified atom stereocenters. The molecule has 1 fully saturated rings. The predicted octanol–water partition coefficient (Wildman–Crippen LogP) is 3.96. The molecular weight excluding hydrogens is 472 g/mol. The van der Waals surface area contributed by atoms with Gasteiger partial charge in [0.05, 0.1) is 18.2 Å². The topological polar surface area (TPSA) is 88.5 Å². The number of carbonyl (C=O) groups is 2. The highest BCUT2D eigenvalue weighted by Crippen LogP contribution is 2.42. The van der Waals surface area contributed by atoms with Gasteiger partial charge in [-0.1, -0.05) is 18.7 Å². The van der Waals surface area contributed by atoms with Crippen molar-refractivity contribution in [2.24, 2.45) is 0 Å². The minimum Gasteiger partial charge on any atom is -0.507 e. The SMILES string of the molecule is C=CCOc1ccc([C@H]2C(=C(O)c3ccc4c(c3)C[C@H](C)O4)C(=O)C(=O)N2CCN(C)C)cc1OCC. The molecule has 2 aliphatic heterocycles. The third-order valence-electron chi connectivity index (χ3n) is 6.44. The van der Waals surface area contributed by atoms with Crippen molar-refractivity contribution in [3.63, 3.8) is 0 Å². The molecule has 0 spiro atoms. The second-order valence-corrected chi connectivity index (χ2v) is 9.49. The average Bonchev–Trinajstić information content (AvgIpc) is 3.36. The van der Waals surface area contributed by atoms with E-state index in [0.717, 1.165) is 11.3 Å². The molecule has 37 heavy (non-hydrogen) atoms. The number of hydrogen-bond acceptors (Lipinski definition) is 7. The number of amides is 1. The molecule has 196 valence electrons. The first-order chi connectivity index (χ1) is 17.7. The molecule has 0 radical (unpaired) electrons. The van der Waals surface area contributed by atoms with Crippen molar-refractivity contribution >= 4 is 17.4 Å². The highest BCUT2D eigenvalue weighted by molar-refractivity contribution is 6.46. The Morgan fingerprint density at radius 1 is 1.19 bits per heavy atom. The van der Waals surface area contributed by atoms with Gasteiger partial charge in [-0.2, -0.15) is 0 Å². The van der Waals surface area contributed by atoms with E-state index < -0.39 is 17.7 Å².